The monoisotopic (exact) mass is 513 g/mol. The maximum atomic E-state index is 14.9. The summed E-state index contributed by atoms with van der Waals surface area (Å²) in [5.41, 5.74) is 0.659. The van der Waals surface area contributed by atoms with Gasteiger partial charge in [0.2, 0.25) is 5.91 Å². The van der Waals surface area contributed by atoms with E-state index < -0.39 is 41.5 Å². The van der Waals surface area contributed by atoms with Gasteiger partial charge in [-0.1, -0.05) is 12.1 Å². The Hall–Kier alpha value is -3.45. The van der Waals surface area contributed by atoms with Crippen molar-refractivity contribution in [3.05, 3.63) is 45.9 Å². The van der Waals surface area contributed by atoms with Crippen LogP contribution in [0.15, 0.2) is 29.6 Å². The highest BCUT2D eigenvalue weighted by atomic mass is 32.1. The van der Waals surface area contributed by atoms with E-state index in [0.717, 1.165) is 30.6 Å². The number of ether oxygens (including phenoxy) is 1. The minimum Gasteiger partial charge on any atom is -0.477 e. The van der Waals surface area contributed by atoms with Crippen LogP contribution >= 0.6 is 11.3 Å². The first kappa shape index (κ1) is 25.6. The lowest BCUT2D eigenvalue weighted by Crippen LogP contribution is -2.55. The molecule has 2 aliphatic rings. The Balaban J connectivity index is 1.45. The summed E-state index contributed by atoms with van der Waals surface area (Å²) in [6.07, 6.45) is 1.76. The van der Waals surface area contributed by atoms with Crippen LogP contribution in [0.25, 0.3) is 11.1 Å². The van der Waals surface area contributed by atoms with Gasteiger partial charge in [0, 0.05) is 12.5 Å². The summed E-state index contributed by atoms with van der Waals surface area (Å²) >= 11 is 1.06. The Kier molecular flexibility index (Phi) is 7.05. The largest absolute Gasteiger partial charge is 0.477 e. The van der Waals surface area contributed by atoms with Crippen molar-refractivity contribution in [2.24, 2.45) is 5.92 Å². The second-order valence-corrected chi connectivity index (χ2v) is 11.2. The maximum Gasteiger partial charge on any atom is 0.411 e. The SMILES string of the molecule is CC(C)(C)OC(=O)N1[C@@H]2CC[C@@H](C2)[C@H]1C(=O)N[C@H](C#N)Cc1ccc(-c2csc(C(=O)O)c2)cc1F. The number of carboxylic acids is 1. The third-order valence-electron chi connectivity index (χ3n) is 6.55. The number of likely N-dealkylation sites (tertiary alicyclic amines) is 1. The van der Waals surface area contributed by atoms with Crippen LogP contribution in [0.5, 0.6) is 0 Å². The zero-order valence-corrected chi connectivity index (χ0v) is 21.1. The van der Waals surface area contributed by atoms with E-state index in [-0.39, 0.29) is 28.8 Å². The fourth-order valence-electron chi connectivity index (χ4n) is 5.00. The summed E-state index contributed by atoms with van der Waals surface area (Å²) in [6.45, 7) is 5.30. The summed E-state index contributed by atoms with van der Waals surface area (Å²) < 4.78 is 20.4. The number of aromatic carboxylic acids is 1. The zero-order chi connectivity index (χ0) is 26.2. The summed E-state index contributed by atoms with van der Waals surface area (Å²) in [5.74, 6) is -2.03. The van der Waals surface area contributed by atoms with Gasteiger partial charge in [-0.15, -0.1) is 11.3 Å². The number of amides is 2. The van der Waals surface area contributed by atoms with Crippen LogP contribution in [0.3, 0.4) is 0 Å². The number of hydrogen-bond donors (Lipinski definition) is 2. The highest BCUT2D eigenvalue weighted by Crippen LogP contribution is 2.43. The molecule has 2 amide bonds. The summed E-state index contributed by atoms with van der Waals surface area (Å²) in [4.78, 5) is 38.8. The molecular weight excluding hydrogens is 485 g/mol. The molecule has 2 N–H and O–H groups in total. The molecule has 10 heteroatoms. The molecule has 1 aromatic heterocycles. The van der Waals surface area contributed by atoms with Gasteiger partial charge in [-0.25, -0.2) is 14.0 Å². The maximum absolute atomic E-state index is 14.9. The molecule has 4 rings (SSSR count). The smallest absolute Gasteiger partial charge is 0.411 e. The Labute approximate surface area is 212 Å². The minimum atomic E-state index is -1.04. The average Bonchev–Trinajstić information content (AvgIpc) is 3.54. The molecular formula is C26H28FN3O5S. The molecule has 0 radical (unpaired) electrons. The van der Waals surface area contributed by atoms with E-state index in [1.807, 2.05) is 6.07 Å². The number of nitrogens with one attached hydrogen (secondary N) is 1. The van der Waals surface area contributed by atoms with E-state index in [1.165, 1.54) is 23.1 Å². The van der Waals surface area contributed by atoms with Crippen molar-refractivity contribution in [3.8, 4) is 17.2 Å². The number of hydrogen-bond acceptors (Lipinski definition) is 6. The van der Waals surface area contributed by atoms with Crippen molar-refractivity contribution in [1.82, 2.24) is 10.2 Å². The molecule has 1 aliphatic carbocycles. The second kappa shape index (κ2) is 9.90. The predicted octanol–water partition coefficient (Wildman–Crippen LogP) is 4.59. The molecule has 0 unspecified atom stereocenters. The van der Waals surface area contributed by atoms with Crippen LogP contribution in [0.4, 0.5) is 9.18 Å². The number of carboxylic acid groups (broad SMARTS) is 1. The lowest BCUT2D eigenvalue weighted by Gasteiger charge is -2.35. The van der Waals surface area contributed by atoms with Gasteiger partial charge >= 0.3 is 12.1 Å². The van der Waals surface area contributed by atoms with Crippen molar-refractivity contribution >= 4 is 29.3 Å². The molecule has 2 heterocycles. The molecule has 8 nitrogen and oxygen atoms in total. The number of carbonyl (C=O) groups is 3. The number of nitrogens with zero attached hydrogens (tertiary/aromatic N) is 2. The van der Waals surface area contributed by atoms with Crippen molar-refractivity contribution in [2.45, 2.75) is 70.2 Å². The number of rotatable bonds is 6. The molecule has 1 saturated carbocycles. The molecule has 2 bridgehead atoms. The number of benzene rings is 1. The Morgan fingerprint density at radius 1 is 1.28 bits per heavy atom. The third-order valence-corrected chi connectivity index (χ3v) is 7.47. The topological polar surface area (TPSA) is 120 Å². The number of halogens is 1. The standard InChI is InChI=1S/C26H28FN3O5S/c1-26(2,3)35-25(34)30-19-7-6-16(9-19)22(30)23(31)29-18(12-28)8-15-5-4-14(10-20(15)27)17-11-21(24(32)33)36-13-17/h4-5,10-11,13,16,18-19,22H,6-9H2,1-3H3,(H,29,31)(H,32,33)/t16-,18-,19+,22-/m0/s1. The van der Waals surface area contributed by atoms with Crippen LogP contribution < -0.4 is 5.32 Å². The molecule has 36 heavy (non-hydrogen) atoms. The van der Waals surface area contributed by atoms with E-state index in [9.17, 15) is 24.0 Å². The van der Waals surface area contributed by atoms with Gasteiger partial charge in [0.15, 0.2) is 0 Å². The van der Waals surface area contributed by atoms with Crippen LogP contribution in [-0.4, -0.2) is 51.7 Å². The molecule has 1 aliphatic heterocycles. The van der Waals surface area contributed by atoms with Crippen LogP contribution in [0, 0.1) is 23.1 Å². The first-order chi connectivity index (χ1) is 17.0. The van der Waals surface area contributed by atoms with Crippen LogP contribution in [-0.2, 0) is 16.0 Å². The molecule has 4 atom stereocenters. The molecule has 1 aromatic carbocycles. The zero-order valence-electron chi connectivity index (χ0n) is 20.3. The van der Waals surface area contributed by atoms with Gasteiger partial charge in [0.25, 0.3) is 0 Å². The lowest BCUT2D eigenvalue weighted by atomic mass is 9.97. The van der Waals surface area contributed by atoms with Crippen LogP contribution in [0.1, 0.15) is 55.3 Å². The van der Waals surface area contributed by atoms with Gasteiger partial charge in [-0.2, -0.15) is 5.26 Å². The Bertz CT molecular complexity index is 1230. The number of carbonyl (C=O) groups excluding carboxylic acids is 2. The number of thiophene rings is 1. The quantitative estimate of drug-likeness (QED) is 0.583. The normalized spacial score (nSPS) is 21.6. The summed E-state index contributed by atoms with van der Waals surface area (Å²) in [6, 6.07) is 6.21. The van der Waals surface area contributed by atoms with Gasteiger partial charge < -0.3 is 15.2 Å². The highest BCUT2D eigenvalue weighted by molar-refractivity contribution is 7.12. The van der Waals surface area contributed by atoms with Crippen molar-refractivity contribution in [3.63, 3.8) is 0 Å². The first-order valence-electron chi connectivity index (χ1n) is 11.8. The van der Waals surface area contributed by atoms with Crippen molar-refractivity contribution in [2.75, 3.05) is 0 Å². The van der Waals surface area contributed by atoms with Gasteiger partial charge in [-0.05, 0) is 80.2 Å². The highest BCUT2D eigenvalue weighted by Gasteiger charge is 2.52. The van der Waals surface area contributed by atoms with E-state index in [1.54, 1.807) is 32.2 Å². The fourth-order valence-corrected chi connectivity index (χ4v) is 5.76. The van der Waals surface area contributed by atoms with E-state index in [4.69, 9.17) is 9.84 Å². The number of nitriles is 1. The lowest BCUT2D eigenvalue weighted by molar-refractivity contribution is -0.128. The Morgan fingerprint density at radius 2 is 2.03 bits per heavy atom. The van der Waals surface area contributed by atoms with Crippen LogP contribution in [0.2, 0.25) is 0 Å². The fraction of sp³-hybridized carbons (Fsp3) is 0.462. The molecule has 190 valence electrons. The predicted molar refractivity (Wildman–Crippen MR) is 131 cm³/mol. The molecule has 1 saturated heterocycles. The molecule has 2 fully saturated rings. The number of fused-ring (bicyclic) bond motifs is 2. The van der Waals surface area contributed by atoms with Gasteiger partial charge in [0.05, 0.1) is 6.07 Å². The Morgan fingerprint density at radius 3 is 2.64 bits per heavy atom. The van der Waals surface area contributed by atoms with Gasteiger partial charge in [0.1, 0.15) is 28.4 Å². The van der Waals surface area contributed by atoms with E-state index in [0.29, 0.717) is 11.1 Å². The van der Waals surface area contributed by atoms with Crippen molar-refractivity contribution < 1.29 is 28.6 Å². The van der Waals surface area contributed by atoms with Crippen molar-refractivity contribution in [1.29, 1.82) is 5.26 Å². The minimum absolute atomic E-state index is 0.000754. The van der Waals surface area contributed by atoms with Gasteiger partial charge in [-0.3, -0.25) is 9.69 Å². The summed E-state index contributed by atoms with van der Waals surface area (Å²) in [5, 5.41) is 23.1. The third kappa shape index (κ3) is 5.36. The van der Waals surface area contributed by atoms with E-state index in [2.05, 4.69) is 5.32 Å². The summed E-state index contributed by atoms with van der Waals surface area (Å²) in [7, 11) is 0. The second-order valence-electron chi connectivity index (χ2n) is 10.3. The number of piperidine rings is 1. The molecule has 0 spiro atoms. The first-order valence-corrected chi connectivity index (χ1v) is 12.7. The molecule has 2 aromatic rings. The van der Waals surface area contributed by atoms with E-state index >= 15 is 0 Å². The average molecular weight is 514 g/mol.